The van der Waals surface area contributed by atoms with E-state index in [-0.39, 0.29) is 0 Å². The van der Waals surface area contributed by atoms with Crippen molar-refractivity contribution < 1.29 is 9.47 Å². The van der Waals surface area contributed by atoms with Gasteiger partial charge in [0.15, 0.2) is 11.5 Å². The summed E-state index contributed by atoms with van der Waals surface area (Å²) >= 11 is 0. The molecule has 1 aromatic carbocycles. The van der Waals surface area contributed by atoms with Gasteiger partial charge in [0.05, 0.1) is 14.2 Å². The third-order valence-corrected chi connectivity index (χ3v) is 4.24. The molecule has 0 aromatic heterocycles. The Balaban J connectivity index is 3.22. The predicted molar refractivity (Wildman–Crippen MR) is 89.4 cm³/mol. The molecule has 0 heterocycles. The molecule has 1 rings (SSSR count). The average Bonchev–Trinajstić information content (AvgIpc) is 2.51. The molecule has 0 bridgehead atoms. The molecule has 0 radical (unpaired) electrons. The van der Waals surface area contributed by atoms with Crippen molar-refractivity contribution >= 4 is 0 Å². The lowest BCUT2D eigenvalue weighted by Crippen LogP contribution is -2.29. The number of rotatable bonds is 9. The summed E-state index contributed by atoms with van der Waals surface area (Å²) in [4.78, 5) is 0. The lowest BCUT2D eigenvalue weighted by molar-refractivity contribution is 0.333. The Kier molecular flexibility index (Phi) is 7.58. The monoisotopic (exact) mass is 293 g/mol. The molecule has 1 unspecified atom stereocenters. The van der Waals surface area contributed by atoms with Gasteiger partial charge in [-0.2, -0.15) is 0 Å². The van der Waals surface area contributed by atoms with E-state index >= 15 is 0 Å². The maximum atomic E-state index is 5.48. The highest BCUT2D eigenvalue weighted by atomic mass is 16.5. The van der Waals surface area contributed by atoms with Crippen LogP contribution in [0, 0.1) is 12.8 Å². The van der Waals surface area contributed by atoms with Crippen molar-refractivity contribution in [1.29, 1.82) is 0 Å². The molecule has 3 nitrogen and oxygen atoms in total. The zero-order valence-electron chi connectivity index (χ0n) is 14.5. The van der Waals surface area contributed by atoms with Crippen molar-refractivity contribution in [2.24, 2.45) is 5.92 Å². The second-order valence-electron chi connectivity index (χ2n) is 5.57. The van der Waals surface area contributed by atoms with E-state index in [0.717, 1.165) is 24.5 Å². The number of benzene rings is 1. The molecule has 0 saturated heterocycles. The lowest BCUT2D eigenvalue weighted by atomic mass is 9.86. The Morgan fingerprint density at radius 3 is 2.05 bits per heavy atom. The van der Waals surface area contributed by atoms with Crippen molar-refractivity contribution in [2.75, 3.05) is 20.8 Å². The molecule has 0 amide bonds. The van der Waals surface area contributed by atoms with E-state index in [1.807, 2.05) is 0 Å². The van der Waals surface area contributed by atoms with E-state index in [9.17, 15) is 0 Å². The van der Waals surface area contributed by atoms with Gasteiger partial charge in [-0.1, -0.05) is 33.6 Å². The van der Waals surface area contributed by atoms with E-state index in [1.165, 1.54) is 24.0 Å². The smallest absolute Gasteiger partial charge is 0.161 e. The summed E-state index contributed by atoms with van der Waals surface area (Å²) in [6, 6.07) is 4.59. The highest BCUT2D eigenvalue weighted by Crippen LogP contribution is 2.36. The van der Waals surface area contributed by atoms with Crippen molar-refractivity contribution in [3.05, 3.63) is 23.3 Å². The normalized spacial score (nSPS) is 12.5. The molecule has 0 saturated carbocycles. The molecule has 0 aliphatic carbocycles. The fourth-order valence-corrected chi connectivity index (χ4v) is 2.92. The minimum Gasteiger partial charge on any atom is -0.493 e. The number of hydrogen-bond acceptors (Lipinski definition) is 3. The average molecular weight is 293 g/mol. The summed E-state index contributed by atoms with van der Waals surface area (Å²) in [6.07, 6.45) is 3.49. The van der Waals surface area contributed by atoms with E-state index in [2.05, 4.69) is 45.1 Å². The zero-order chi connectivity index (χ0) is 15.8. The molecule has 1 atom stereocenters. The summed E-state index contributed by atoms with van der Waals surface area (Å²) in [5, 5.41) is 3.72. The largest absolute Gasteiger partial charge is 0.493 e. The van der Waals surface area contributed by atoms with E-state index in [0.29, 0.717) is 12.0 Å². The number of methoxy groups -OCH3 is 2. The second-order valence-corrected chi connectivity index (χ2v) is 5.57. The van der Waals surface area contributed by atoms with Gasteiger partial charge in [0, 0.05) is 6.04 Å². The van der Waals surface area contributed by atoms with Crippen molar-refractivity contribution in [1.82, 2.24) is 5.32 Å². The van der Waals surface area contributed by atoms with E-state index < -0.39 is 0 Å². The van der Waals surface area contributed by atoms with Gasteiger partial charge in [-0.3, -0.25) is 0 Å². The van der Waals surface area contributed by atoms with Gasteiger partial charge in [-0.05, 0) is 49.1 Å². The van der Waals surface area contributed by atoms with E-state index in [4.69, 9.17) is 9.47 Å². The van der Waals surface area contributed by atoms with Crippen LogP contribution in [-0.2, 0) is 0 Å². The number of nitrogens with one attached hydrogen (secondary N) is 1. The number of aryl methyl sites for hydroxylation is 1. The van der Waals surface area contributed by atoms with Crippen LogP contribution in [0.15, 0.2) is 12.1 Å². The third kappa shape index (κ3) is 4.37. The SMILES string of the molecule is CCCNC(c1cc(OC)c(OC)cc1C)C(CC)CC. The molecule has 1 aromatic rings. The minimum absolute atomic E-state index is 0.375. The van der Waals surface area contributed by atoms with Crippen LogP contribution in [0.2, 0.25) is 0 Å². The molecule has 0 spiro atoms. The molecule has 120 valence electrons. The Labute approximate surface area is 130 Å². The lowest BCUT2D eigenvalue weighted by Gasteiger charge is -2.29. The standard InChI is InChI=1S/C18H31NO2/c1-7-10-19-18(14(8-2)9-3)15-12-17(21-6)16(20-5)11-13(15)4/h11-12,14,18-19H,7-10H2,1-6H3. The van der Waals surface area contributed by atoms with Gasteiger partial charge < -0.3 is 14.8 Å². The Morgan fingerprint density at radius 1 is 1.00 bits per heavy atom. The van der Waals surface area contributed by atoms with Crippen LogP contribution in [0.3, 0.4) is 0 Å². The minimum atomic E-state index is 0.375. The van der Waals surface area contributed by atoms with Gasteiger partial charge in [0.1, 0.15) is 0 Å². The fraction of sp³-hybridized carbons (Fsp3) is 0.667. The summed E-state index contributed by atoms with van der Waals surface area (Å²) in [5.41, 5.74) is 2.59. The zero-order valence-corrected chi connectivity index (χ0v) is 14.5. The predicted octanol–water partition coefficient (Wildman–Crippen LogP) is 4.49. The van der Waals surface area contributed by atoms with Crippen molar-refractivity contribution in [3.8, 4) is 11.5 Å². The number of ether oxygens (including phenoxy) is 2. The summed E-state index contributed by atoms with van der Waals surface area (Å²) in [5.74, 6) is 2.25. The van der Waals surface area contributed by atoms with Crippen LogP contribution < -0.4 is 14.8 Å². The molecule has 0 aliphatic heterocycles. The summed E-state index contributed by atoms with van der Waals surface area (Å²) < 4.78 is 10.9. The first-order chi connectivity index (χ1) is 10.1. The first-order valence-corrected chi connectivity index (χ1v) is 8.08. The molecule has 21 heavy (non-hydrogen) atoms. The van der Waals surface area contributed by atoms with Gasteiger partial charge in [0.25, 0.3) is 0 Å². The summed E-state index contributed by atoms with van der Waals surface area (Å²) in [7, 11) is 3.38. The summed E-state index contributed by atoms with van der Waals surface area (Å²) in [6.45, 7) is 9.93. The number of hydrogen-bond donors (Lipinski definition) is 1. The van der Waals surface area contributed by atoms with Gasteiger partial charge in [-0.15, -0.1) is 0 Å². The molecule has 0 fully saturated rings. The van der Waals surface area contributed by atoms with Crippen LogP contribution in [0.25, 0.3) is 0 Å². The maximum Gasteiger partial charge on any atom is 0.161 e. The molecule has 3 heteroatoms. The second kappa shape index (κ2) is 8.93. The van der Waals surface area contributed by atoms with Crippen LogP contribution in [-0.4, -0.2) is 20.8 Å². The van der Waals surface area contributed by atoms with Crippen LogP contribution in [0.5, 0.6) is 11.5 Å². The Bertz CT molecular complexity index is 427. The van der Waals surface area contributed by atoms with Crippen molar-refractivity contribution in [2.45, 2.75) is 53.0 Å². The quantitative estimate of drug-likeness (QED) is 0.727. The van der Waals surface area contributed by atoms with Crippen LogP contribution in [0.1, 0.15) is 57.2 Å². The molecule has 0 aliphatic rings. The van der Waals surface area contributed by atoms with Gasteiger partial charge in [0.2, 0.25) is 0 Å². The fourth-order valence-electron chi connectivity index (χ4n) is 2.92. The van der Waals surface area contributed by atoms with Crippen LogP contribution >= 0.6 is 0 Å². The van der Waals surface area contributed by atoms with Gasteiger partial charge in [-0.25, -0.2) is 0 Å². The van der Waals surface area contributed by atoms with Gasteiger partial charge >= 0.3 is 0 Å². The Hall–Kier alpha value is -1.22. The first kappa shape index (κ1) is 17.8. The van der Waals surface area contributed by atoms with E-state index in [1.54, 1.807) is 14.2 Å². The molecular weight excluding hydrogens is 262 g/mol. The third-order valence-electron chi connectivity index (χ3n) is 4.24. The molecular formula is C18H31NO2. The first-order valence-electron chi connectivity index (χ1n) is 8.08. The topological polar surface area (TPSA) is 30.5 Å². The Morgan fingerprint density at radius 2 is 1.57 bits per heavy atom. The highest BCUT2D eigenvalue weighted by Gasteiger charge is 2.23. The highest BCUT2D eigenvalue weighted by molar-refractivity contribution is 5.48. The molecule has 1 N–H and O–H groups in total. The maximum absolute atomic E-state index is 5.48. The van der Waals surface area contributed by atoms with Crippen LogP contribution in [0.4, 0.5) is 0 Å². The van der Waals surface area contributed by atoms with Crippen molar-refractivity contribution in [3.63, 3.8) is 0 Å².